The van der Waals surface area contributed by atoms with E-state index in [1.807, 2.05) is 5.32 Å². The second-order valence-electron chi connectivity index (χ2n) is 5.63. The van der Waals surface area contributed by atoms with E-state index >= 15 is 0 Å². The van der Waals surface area contributed by atoms with Crippen LogP contribution in [0, 0.1) is 0 Å². The van der Waals surface area contributed by atoms with E-state index in [4.69, 9.17) is 5.11 Å². The number of benzene rings is 2. The molecule has 0 saturated carbocycles. The van der Waals surface area contributed by atoms with Gasteiger partial charge in [0.2, 0.25) is 0 Å². The van der Waals surface area contributed by atoms with Gasteiger partial charge in [-0.2, -0.15) is 13.2 Å². The topological polar surface area (TPSA) is 52.6 Å². The fourth-order valence-corrected chi connectivity index (χ4v) is 2.39. The Bertz CT molecular complexity index is 713. The zero-order valence-electron chi connectivity index (χ0n) is 13.3. The van der Waals surface area contributed by atoms with Crippen LogP contribution in [0.25, 0.3) is 10.8 Å². The van der Waals surface area contributed by atoms with Crippen LogP contribution in [0.5, 0.6) is 0 Å². The van der Waals surface area contributed by atoms with E-state index in [2.05, 4.69) is 0 Å². The van der Waals surface area contributed by atoms with Crippen LogP contribution < -0.4 is 5.32 Å². The van der Waals surface area contributed by atoms with Crippen LogP contribution >= 0.6 is 0 Å². The Hall–Kier alpha value is -2.28. The molecule has 0 heterocycles. The number of amides is 2. The monoisotopic (exact) mass is 340 g/mol. The second kappa shape index (κ2) is 7.09. The third kappa shape index (κ3) is 3.79. The molecule has 0 spiro atoms. The Labute approximate surface area is 137 Å². The fourth-order valence-electron chi connectivity index (χ4n) is 2.39. The summed E-state index contributed by atoms with van der Waals surface area (Å²) in [6, 6.07) is 7.68. The molecule has 0 fully saturated rings. The first-order valence-electron chi connectivity index (χ1n) is 7.44. The molecule has 0 aliphatic rings. The highest BCUT2D eigenvalue weighted by Crippen LogP contribution is 2.36. The molecule has 0 radical (unpaired) electrons. The number of halogens is 3. The van der Waals surface area contributed by atoms with Gasteiger partial charge in [-0.25, -0.2) is 4.79 Å². The van der Waals surface area contributed by atoms with Crippen molar-refractivity contribution in [2.45, 2.75) is 25.2 Å². The molecule has 0 aliphatic carbocycles. The fraction of sp³-hybridized carbons (Fsp3) is 0.353. The van der Waals surface area contributed by atoms with Crippen molar-refractivity contribution in [3.63, 3.8) is 0 Å². The maximum Gasteiger partial charge on any atom is 0.412 e. The number of carbonyl (C=O) groups is 1. The molecule has 2 rings (SSSR count). The summed E-state index contributed by atoms with van der Waals surface area (Å²) >= 11 is 0. The van der Waals surface area contributed by atoms with Crippen molar-refractivity contribution in [3.05, 3.63) is 48.0 Å². The maximum atomic E-state index is 13.6. The standard InChI is InChI=1S/C17H19F3N2O2/c1-11(10-23)22(2)16(24)21-15(17(18,19)20)14-9-5-7-12-6-3-4-8-13(12)14/h3-9,11,15,23H,10H2,1-2H3,(H,21,24)/t11-,15-/m1/s1. The summed E-state index contributed by atoms with van der Waals surface area (Å²) < 4.78 is 40.7. The van der Waals surface area contributed by atoms with E-state index in [0.29, 0.717) is 10.8 Å². The van der Waals surface area contributed by atoms with Gasteiger partial charge in [-0.3, -0.25) is 0 Å². The molecule has 24 heavy (non-hydrogen) atoms. The lowest BCUT2D eigenvalue weighted by Gasteiger charge is -2.28. The summed E-state index contributed by atoms with van der Waals surface area (Å²) in [7, 11) is 1.34. The zero-order valence-corrected chi connectivity index (χ0v) is 13.3. The molecule has 0 bridgehead atoms. The summed E-state index contributed by atoms with van der Waals surface area (Å²) in [6.07, 6.45) is -4.65. The van der Waals surface area contributed by atoms with E-state index < -0.39 is 24.3 Å². The van der Waals surface area contributed by atoms with Gasteiger partial charge in [0.05, 0.1) is 12.6 Å². The first-order valence-corrected chi connectivity index (χ1v) is 7.44. The predicted octanol–water partition coefficient (Wildman–Crippen LogP) is 3.47. The van der Waals surface area contributed by atoms with E-state index in [0.717, 1.165) is 4.90 Å². The lowest BCUT2D eigenvalue weighted by Crippen LogP contribution is -2.48. The number of aliphatic hydroxyl groups is 1. The number of alkyl halides is 3. The van der Waals surface area contributed by atoms with Crippen molar-refractivity contribution in [1.82, 2.24) is 10.2 Å². The van der Waals surface area contributed by atoms with Gasteiger partial charge in [0, 0.05) is 7.05 Å². The minimum Gasteiger partial charge on any atom is -0.394 e. The number of likely N-dealkylation sites (N-methyl/N-ethyl adjacent to an activating group) is 1. The van der Waals surface area contributed by atoms with Crippen LogP contribution in [0.1, 0.15) is 18.5 Å². The van der Waals surface area contributed by atoms with Crippen molar-refractivity contribution in [3.8, 4) is 0 Å². The number of hydrogen-bond acceptors (Lipinski definition) is 2. The molecule has 7 heteroatoms. The number of hydrogen-bond donors (Lipinski definition) is 2. The molecule has 0 unspecified atom stereocenters. The number of urea groups is 1. The van der Waals surface area contributed by atoms with Crippen molar-refractivity contribution in [1.29, 1.82) is 0 Å². The van der Waals surface area contributed by atoms with Crippen LogP contribution in [0.4, 0.5) is 18.0 Å². The normalized spacial score (nSPS) is 14.2. The number of carbonyl (C=O) groups excluding carboxylic acids is 1. The molecule has 2 N–H and O–H groups in total. The van der Waals surface area contributed by atoms with Gasteiger partial charge < -0.3 is 15.3 Å². The third-order valence-corrected chi connectivity index (χ3v) is 3.98. The summed E-state index contributed by atoms with van der Waals surface area (Å²) in [6.45, 7) is 1.20. The smallest absolute Gasteiger partial charge is 0.394 e. The highest BCUT2D eigenvalue weighted by molar-refractivity contribution is 5.87. The lowest BCUT2D eigenvalue weighted by molar-refractivity contribution is -0.155. The summed E-state index contributed by atoms with van der Waals surface area (Å²) in [4.78, 5) is 13.2. The Morgan fingerprint density at radius 3 is 2.46 bits per heavy atom. The van der Waals surface area contributed by atoms with Crippen molar-refractivity contribution in [2.24, 2.45) is 0 Å². The average Bonchev–Trinajstić information content (AvgIpc) is 2.56. The molecule has 2 aromatic carbocycles. The molecule has 2 atom stereocenters. The number of rotatable bonds is 4. The lowest BCUT2D eigenvalue weighted by atomic mass is 9.98. The zero-order chi connectivity index (χ0) is 17.9. The van der Waals surface area contributed by atoms with Gasteiger partial charge in [-0.1, -0.05) is 42.5 Å². The van der Waals surface area contributed by atoms with Crippen molar-refractivity contribution in [2.75, 3.05) is 13.7 Å². The summed E-state index contributed by atoms with van der Waals surface area (Å²) in [5.41, 5.74) is -0.0148. The first-order chi connectivity index (χ1) is 11.3. The van der Waals surface area contributed by atoms with Gasteiger partial charge in [0.15, 0.2) is 6.04 Å². The molecular formula is C17H19F3N2O2. The van der Waals surface area contributed by atoms with Crippen molar-refractivity contribution < 1.29 is 23.1 Å². The summed E-state index contributed by atoms with van der Waals surface area (Å²) in [5, 5.41) is 12.2. The van der Waals surface area contributed by atoms with E-state index in [-0.39, 0.29) is 12.2 Å². The molecular weight excluding hydrogens is 321 g/mol. The highest BCUT2D eigenvalue weighted by atomic mass is 19.4. The molecule has 2 aromatic rings. The second-order valence-corrected chi connectivity index (χ2v) is 5.63. The highest BCUT2D eigenvalue weighted by Gasteiger charge is 2.43. The van der Waals surface area contributed by atoms with Crippen LogP contribution in [0.15, 0.2) is 42.5 Å². The molecule has 2 amide bonds. The molecule has 0 saturated heterocycles. The number of fused-ring (bicyclic) bond motifs is 1. The van der Waals surface area contributed by atoms with E-state index in [9.17, 15) is 18.0 Å². The van der Waals surface area contributed by atoms with E-state index in [1.54, 1.807) is 37.3 Å². The molecule has 130 valence electrons. The first kappa shape index (κ1) is 18.1. The Morgan fingerprint density at radius 2 is 1.83 bits per heavy atom. The van der Waals surface area contributed by atoms with Crippen molar-refractivity contribution >= 4 is 16.8 Å². The SMILES string of the molecule is C[C@H](CO)N(C)C(=O)N[C@H](c1cccc2ccccc12)C(F)(F)F. The minimum atomic E-state index is -4.65. The van der Waals surface area contributed by atoms with Gasteiger partial charge in [0.1, 0.15) is 0 Å². The summed E-state index contributed by atoms with van der Waals surface area (Å²) in [5.74, 6) is 0. The van der Waals surface area contributed by atoms with Crippen LogP contribution in [-0.2, 0) is 0 Å². The Balaban J connectivity index is 2.41. The van der Waals surface area contributed by atoms with Gasteiger partial charge in [0.25, 0.3) is 0 Å². The van der Waals surface area contributed by atoms with Gasteiger partial charge >= 0.3 is 12.2 Å². The molecule has 4 nitrogen and oxygen atoms in total. The number of nitrogens with one attached hydrogen (secondary N) is 1. The largest absolute Gasteiger partial charge is 0.412 e. The number of nitrogens with zero attached hydrogens (tertiary/aromatic N) is 1. The average molecular weight is 340 g/mol. The minimum absolute atomic E-state index is 0.0148. The molecule has 0 aliphatic heterocycles. The molecule has 0 aromatic heterocycles. The van der Waals surface area contributed by atoms with E-state index in [1.165, 1.54) is 19.2 Å². The van der Waals surface area contributed by atoms with Crippen LogP contribution in [0.2, 0.25) is 0 Å². The third-order valence-electron chi connectivity index (χ3n) is 3.98. The van der Waals surface area contributed by atoms with Gasteiger partial charge in [-0.05, 0) is 23.3 Å². The Kier molecular flexibility index (Phi) is 5.33. The van der Waals surface area contributed by atoms with Crippen LogP contribution in [-0.4, -0.2) is 41.9 Å². The van der Waals surface area contributed by atoms with Crippen LogP contribution in [0.3, 0.4) is 0 Å². The van der Waals surface area contributed by atoms with Gasteiger partial charge in [-0.15, -0.1) is 0 Å². The maximum absolute atomic E-state index is 13.6. The Morgan fingerprint density at radius 1 is 1.21 bits per heavy atom. The number of aliphatic hydroxyl groups excluding tert-OH is 1. The quantitative estimate of drug-likeness (QED) is 0.895. The predicted molar refractivity (Wildman–Crippen MR) is 85.6 cm³/mol.